The fraction of sp³-hybridized carbons (Fsp3) is 0.625. The van der Waals surface area contributed by atoms with Crippen LogP contribution in [0, 0.1) is 17.8 Å². The first-order valence-electron chi connectivity index (χ1n) is 19.6. The number of aromatic nitrogens is 1. The van der Waals surface area contributed by atoms with Crippen molar-refractivity contribution in [3.05, 3.63) is 42.5 Å². The van der Waals surface area contributed by atoms with Crippen LogP contribution in [0.25, 0.3) is 10.8 Å². The first-order valence-corrected chi connectivity index (χ1v) is 21.0. The van der Waals surface area contributed by atoms with Gasteiger partial charge < -0.3 is 29.7 Å². The molecule has 2 aliphatic heterocycles. The lowest BCUT2D eigenvalue weighted by molar-refractivity contribution is -0.152. The quantitative estimate of drug-likeness (QED) is 0.277. The molecule has 2 saturated carbocycles. The van der Waals surface area contributed by atoms with Crippen LogP contribution < -0.4 is 24.8 Å². The molecule has 4 aliphatic rings. The van der Waals surface area contributed by atoms with E-state index in [1.807, 2.05) is 29.9 Å². The molecular formula is C40H52F3N5O9S. The Kier molecular flexibility index (Phi) is 11.8. The van der Waals surface area contributed by atoms with E-state index >= 15 is 0 Å². The molecular weight excluding hydrogens is 784 g/mol. The van der Waals surface area contributed by atoms with Gasteiger partial charge in [0.15, 0.2) is 5.60 Å². The van der Waals surface area contributed by atoms with Crippen LogP contribution in [-0.2, 0) is 29.1 Å². The van der Waals surface area contributed by atoms with E-state index in [4.69, 9.17) is 14.2 Å². The molecule has 2 aliphatic carbocycles. The maximum absolute atomic E-state index is 14.8. The number of allylic oxidation sites excluding steroid dienone is 1. The third-order valence-corrected chi connectivity index (χ3v) is 14.2. The summed E-state index contributed by atoms with van der Waals surface area (Å²) in [4.78, 5) is 62.2. The highest BCUT2D eigenvalue weighted by Gasteiger charge is 2.64. The number of fused-ring (bicyclic) bond motifs is 3. The van der Waals surface area contributed by atoms with E-state index in [1.165, 1.54) is 12.0 Å². The zero-order chi connectivity index (χ0) is 42.4. The third kappa shape index (κ3) is 8.57. The maximum atomic E-state index is 14.8. The molecule has 318 valence electrons. The van der Waals surface area contributed by atoms with E-state index in [-0.39, 0.29) is 49.9 Å². The van der Waals surface area contributed by atoms with Gasteiger partial charge in [0.2, 0.25) is 33.6 Å². The van der Waals surface area contributed by atoms with Crippen LogP contribution in [0.4, 0.5) is 18.0 Å². The Morgan fingerprint density at radius 2 is 1.81 bits per heavy atom. The van der Waals surface area contributed by atoms with Crippen LogP contribution in [0.5, 0.6) is 11.8 Å². The van der Waals surface area contributed by atoms with Gasteiger partial charge in [-0.05, 0) is 75.7 Å². The smallest absolute Gasteiger partial charge is 0.408 e. The van der Waals surface area contributed by atoms with Crippen LogP contribution in [-0.4, -0.2) is 102 Å². The molecule has 58 heavy (non-hydrogen) atoms. The Hall–Kier alpha value is -4.61. The van der Waals surface area contributed by atoms with E-state index < -0.39 is 92.3 Å². The van der Waals surface area contributed by atoms with Gasteiger partial charge in [-0.3, -0.25) is 19.1 Å². The summed E-state index contributed by atoms with van der Waals surface area (Å²) in [5.74, 6) is -6.78. The Balaban J connectivity index is 1.36. The van der Waals surface area contributed by atoms with Gasteiger partial charge in [0, 0.05) is 30.7 Å². The van der Waals surface area contributed by atoms with Crippen molar-refractivity contribution in [2.45, 2.75) is 120 Å². The fourth-order valence-electron chi connectivity index (χ4n) is 7.72. The lowest BCUT2D eigenvalue weighted by atomic mass is 9.88. The number of methoxy groups -OCH3 is 1. The van der Waals surface area contributed by atoms with E-state index in [1.54, 1.807) is 31.2 Å². The van der Waals surface area contributed by atoms with Crippen LogP contribution >= 0.6 is 0 Å². The SMILES string of the molecule is COc1cc2ccccc2c(OC2CC3C(=O)NC4(C(=O)NS(=O)(=O)C5(CF)CC5)CC4C=CCCC(C)CC(C)C(NC(=O)OC(C)(C)C(C)(F)F)C(=O)N3C2)n1. The largest absolute Gasteiger partial charge is 0.481 e. The number of carbonyl (C=O) groups is 4. The molecule has 1 aromatic heterocycles. The molecule has 1 aromatic carbocycles. The van der Waals surface area contributed by atoms with Crippen molar-refractivity contribution in [1.29, 1.82) is 0 Å². The second-order valence-electron chi connectivity index (χ2n) is 16.9. The number of nitrogens with one attached hydrogen (secondary N) is 3. The number of alkyl halides is 3. The van der Waals surface area contributed by atoms with Crippen LogP contribution in [0.15, 0.2) is 42.5 Å². The van der Waals surface area contributed by atoms with Gasteiger partial charge >= 0.3 is 6.09 Å². The summed E-state index contributed by atoms with van der Waals surface area (Å²) in [7, 11) is -3.00. The predicted molar refractivity (Wildman–Crippen MR) is 206 cm³/mol. The van der Waals surface area contributed by atoms with Crippen molar-refractivity contribution in [2.75, 3.05) is 20.3 Å². The van der Waals surface area contributed by atoms with Crippen molar-refractivity contribution in [2.24, 2.45) is 17.8 Å². The second kappa shape index (κ2) is 15.9. The first-order chi connectivity index (χ1) is 27.2. The van der Waals surface area contributed by atoms with Gasteiger partial charge in [-0.15, -0.1) is 0 Å². The number of rotatable bonds is 10. The van der Waals surface area contributed by atoms with Crippen molar-refractivity contribution >= 4 is 44.6 Å². The molecule has 14 nitrogen and oxygen atoms in total. The van der Waals surface area contributed by atoms with Crippen LogP contribution in [0.1, 0.15) is 79.6 Å². The number of ether oxygens (including phenoxy) is 3. The first kappa shape index (κ1) is 43.0. The number of pyridine rings is 1. The lowest BCUT2D eigenvalue weighted by Gasteiger charge is -2.35. The number of alkyl carbamates (subject to hydrolysis) is 1. The monoisotopic (exact) mass is 835 g/mol. The highest BCUT2D eigenvalue weighted by atomic mass is 32.2. The number of carbonyl (C=O) groups excluding carboxylic acids is 4. The Morgan fingerprint density at radius 1 is 1.10 bits per heavy atom. The highest BCUT2D eigenvalue weighted by Crippen LogP contribution is 2.48. The van der Waals surface area contributed by atoms with Gasteiger partial charge in [-0.2, -0.15) is 4.98 Å². The summed E-state index contributed by atoms with van der Waals surface area (Å²) in [6.07, 6.45) is 3.03. The third-order valence-electron chi connectivity index (χ3n) is 12.1. The van der Waals surface area contributed by atoms with Gasteiger partial charge in [0.05, 0.1) is 13.7 Å². The summed E-state index contributed by atoms with van der Waals surface area (Å²) in [5, 5.41) is 6.64. The van der Waals surface area contributed by atoms with E-state index in [9.17, 15) is 40.8 Å². The molecule has 3 N–H and O–H groups in total. The number of nitrogens with zero attached hydrogens (tertiary/aromatic N) is 2. The maximum Gasteiger partial charge on any atom is 0.408 e. The molecule has 7 unspecified atom stereocenters. The molecule has 1 saturated heterocycles. The summed E-state index contributed by atoms with van der Waals surface area (Å²) >= 11 is 0. The molecule has 6 rings (SSSR count). The number of benzene rings is 1. The average molecular weight is 836 g/mol. The number of hydrogen-bond acceptors (Lipinski definition) is 10. The molecule has 7 atom stereocenters. The van der Waals surface area contributed by atoms with Crippen LogP contribution in [0.3, 0.4) is 0 Å². The van der Waals surface area contributed by atoms with E-state index in [2.05, 4.69) is 15.6 Å². The minimum Gasteiger partial charge on any atom is -0.481 e. The molecule has 18 heteroatoms. The molecule has 4 amide bonds. The van der Waals surface area contributed by atoms with Crippen LogP contribution in [0.2, 0.25) is 0 Å². The number of hydrogen-bond donors (Lipinski definition) is 3. The Bertz CT molecular complexity index is 2070. The minimum atomic E-state index is -4.44. The number of halogens is 3. The van der Waals surface area contributed by atoms with Crippen molar-refractivity contribution in [3.8, 4) is 11.8 Å². The topological polar surface area (TPSA) is 182 Å². The van der Waals surface area contributed by atoms with E-state index in [0.717, 1.165) is 19.2 Å². The molecule has 3 fully saturated rings. The Morgan fingerprint density at radius 3 is 2.47 bits per heavy atom. The second-order valence-corrected chi connectivity index (χ2v) is 19.0. The number of sulfonamides is 1. The van der Waals surface area contributed by atoms with Crippen molar-refractivity contribution in [3.63, 3.8) is 0 Å². The average Bonchev–Trinajstić information content (AvgIpc) is 4.06. The van der Waals surface area contributed by atoms with Crippen molar-refractivity contribution in [1.82, 2.24) is 25.2 Å². The summed E-state index contributed by atoms with van der Waals surface area (Å²) in [6, 6.07) is 6.26. The van der Waals surface area contributed by atoms with E-state index in [0.29, 0.717) is 31.6 Å². The minimum absolute atomic E-state index is 0.0141. The van der Waals surface area contributed by atoms with Crippen molar-refractivity contribution < 1.29 is 55.0 Å². The van der Waals surface area contributed by atoms with Gasteiger partial charge in [-0.25, -0.2) is 26.4 Å². The molecule has 0 radical (unpaired) electrons. The zero-order valence-electron chi connectivity index (χ0n) is 33.5. The van der Waals surface area contributed by atoms with Gasteiger partial charge in [-0.1, -0.05) is 44.2 Å². The Labute approximate surface area is 336 Å². The molecule has 3 heterocycles. The highest BCUT2D eigenvalue weighted by molar-refractivity contribution is 7.91. The number of amides is 4. The summed E-state index contributed by atoms with van der Waals surface area (Å²) < 4.78 is 86.3. The summed E-state index contributed by atoms with van der Waals surface area (Å²) in [5.41, 5.74) is -3.97. The summed E-state index contributed by atoms with van der Waals surface area (Å²) in [6.45, 7) is 5.03. The van der Waals surface area contributed by atoms with Gasteiger partial charge in [0.25, 0.3) is 11.8 Å². The van der Waals surface area contributed by atoms with Gasteiger partial charge in [0.1, 0.15) is 35.1 Å². The molecule has 0 bridgehead atoms. The normalized spacial score (nSPS) is 28.9. The fourth-order valence-corrected chi connectivity index (χ4v) is 9.15. The lowest BCUT2D eigenvalue weighted by Crippen LogP contribution is -2.60. The zero-order valence-corrected chi connectivity index (χ0v) is 34.3. The molecule has 0 spiro atoms. The molecule has 2 aromatic rings. The standard InChI is InChI=1S/C40H52F3N5O9S/c1-23-11-7-9-13-26-20-40(26,35(51)47-58(53,54)39(22-41)15-16-39)46-32(49)29-19-27(56-33-28-14-10-8-12-25(28)18-30(44-33)55-6)21-48(29)34(50)31(24(2)17-23)45-36(52)57-37(3,4)38(5,42)43/h8-10,12-14,18,23-24,26-27,29,31H,7,11,15-17,19-22H2,1-6H3,(H,45,52)(H,46,49)(H,47,51). The predicted octanol–water partition coefficient (Wildman–Crippen LogP) is 4.96.